The zero-order valence-electron chi connectivity index (χ0n) is 17.4. The topological polar surface area (TPSA) is 66.5 Å². The molecule has 3 aromatic rings. The van der Waals surface area contributed by atoms with Gasteiger partial charge < -0.3 is 5.32 Å². The lowest BCUT2D eigenvalue weighted by molar-refractivity contribution is -0.121. The second kappa shape index (κ2) is 8.63. The van der Waals surface area contributed by atoms with E-state index in [2.05, 4.69) is 29.6 Å². The molecule has 1 unspecified atom stereocenters. The van der Waals surface area contributed by atoms with E-state index in [1.54, 1.807) is 36.0 Å². The van der Waals surface area contributed by atoms with Crippen molar-refractivity contribution in [1.29, 1.82) is 0 Å². The Morgan fingerprint density at radius 2 is 1.50 bits per heavy atom. The third kappa shape index (κ3) is 3.71. The number of thioether (sulfide) groups is 1. The van der Waals surface area contributed by atoms with Gasteiger partial charge in [0.25, 0.3) is 11.8 Å². The number of imide groups is 1. The van der Waals surface area contributed by atoms with Crippen LogP contribution in [0, 0.1) is 0 Å². The van der Waals surface area contributed by atoms with Crippen molar-refractivity contribution in [3.63, 3.8) is 0 Å². The predicted octanol–water partition coefficient (Wildman–Crippen LogP) is 4.57. The largest absolute Gasteiger partial charge is 0.345 e. The first kappa shape index (κ1) is 20.5. The molecule has 160 valence electrons. The van der Waals surface area contributed by atoms with Gasteiger partial charge in [-0.25, -0.2) is 0 Å². The van der Waals surface area contributed by atoms with Crippen LogP contribution in [0.5, 0.6) is 0 Å². The summed E-state index contributed by atoms with van der Waals surface area (Å²) < 4.78 is 0. The van der Waals surface area contributed by atoms with E-state index in [1.165, 1.54) is 15.4 Å². The third-order valence-corrected chi connectivity index (χ3v) is 7.09. The Bertz CT molecular complexity index is 1140. The number of carbonyl (C=O) groups excluding carboxylic acids is 3. The van der Waals surface area contributed by atoms with E-state index in [1.807, 2.05) is 24.3 Å². The molecule has 2 aliphatic heterocycles. The Morgan fingerprint density at radius 3 is 2.25 bits per heavy atom. The third-order valence-electron chi connectivity index (χ3n) is 5.95. The van der Waals surface area contributed by atoms with Gasteiger partial charge in [0.05, 0.1) is 17.2 Å². The predicted molar refractivity (Wildman–Crippen MR) is 123 cm³/mol. The number of nitrogens with one attached hydrogen (secondary N) is 1. The van der Waals surface area contributed by atoms with Crippen LogP contribution in [0.3, 0.4) is 0 Å². The fraction of sp³-hybridized carbons (Fsp3) is 0.192. The van der Waals surface area contributed by atoms with E-state index in [9.17, 15) is 14.4 Å². The Kier molecular flexibility index (Phi) is 5.53. The van der Waals surface area contributed by atoms with Crippen LogP contribution in [0.25, 0.3) is 0 Å². The highest BCUT2D eigenvalue weighted by molar-refractivity contribution is 7.98. The number of rotatable bonds is 5. The first-order chi connectivity index (χ1) is 15.6. The first-order valence-corrected chi connectivity index (χ1v) is 11.7. The molecule has 0 spiro atoms. The summed E-state index contributed by atoms with van der Waals surface area (Å²) in [4.78, 5) is 40.3. The van der Waals surface area contributed by atoms with Gasteiger partial charge in [0, 0.05) is 23.6 Å². The van der Waals surface area contributed by atoms with Gasteiger partial charge in [0.1, 0.15) is 0 Å². The molecule has 1 N–H and O–H groups in total. The first-order valence-electron chi connectivity index (χ1n) is 10.7. The second-order valence-corrected chi connectivity index (χ2v) is 8.95. The quantitative estimate of drug-likeness (QED) is 0.588. The lowest BCUT2D eigenvalue weighted by atomic mass is 9.95. The van der Waals surface area contributed by atoms with Crippen LogP contribution >= 0.6 is 11.8 Å². The molecule has 2 aliphatic rings. The number of nitrogens with zero attached hydrogens (tertiary/aromatic N) is 1. The van der Waals surface area contributed by atoms with Crippen LogP contribution in [0.2, 0.25) is 0 Å². The normalized spacial score (nSPS) is 16.8. The Morgan fingerprint density at radius 1 is 0.875 bits per heavy atom. The van der Waals surface area contributed by atoms with Gasteiger partial charge in [0.2, 0.25) is 5.91 Å². The molecule has 0 radical (unpaired) electrons. The standard InChI is InChI=1S/C26H22N2O3S/c29-23(14-7-15-28-25(30)19-10-3-4-11-20(19)26(28)31)27-24-18-9-2-1-8-17(18)16-32-22-13-6-5-12-21(22)24/h1-6,8-13,24H,7,14-16H2,(H,27,29). The summed E-state index contributed by atoms with van der Waals surface area (Å²) in [5.74, 6) is 0.201. The molecule has 0 saturated carbocycles. The van der Waals surface area contributed by atoms with Crippen LogP contribution in [0.15, 0.2) is 77.7 Å². The average Bonchev–Trinajstić information content (AvgIpc) is 2.97. The van der Waals surface area contributed by atoms with E-state index >= 15 is 0 Å². The molecule has 3 amide bonds. The molecule has 0 aromatic heterocycles. The molecule has 5 nitrogen and oxygen atoms in total. The minimum absolute atomic E-state index is 0.0943. The van der Waals surface area contributed by atoms with Crippen LogP contribution in [0.1, 0.15) is 56.3 Å². The van der Waals surface area contributed by atoms with Gasteiger partial charge >= 0.3 is 0 Å². The van der Waals surface area contributed by atoms with Crippen LogP contribution in [-0.4, -0.2) is 29.2 Å². The lowest BCUT2D eigenvalue weighted by Gasteiger charge is -2.22. The fourth-order valence-corrected chi connectivity index (χ4v) is 5.45. The van der Waals surface area contributed by atoms with Crippen LogP contribution < -0.4 is 5.32 Å². The Hall–Kier alpha value is -3.38. The SMILES string of the molecule is O=C(CCCN1C(=O)c2ccccc2C1=O)NC1c2ccccc2CSc2ccccc21. The van der Waals surface area contributed by atoms with Crippen molar-refractivity contribution in [3.8, 4) is 0 Å². The summed E-state index contributed by atoms with van der Waals surface area (Å²) in [6.07, 6.45) is 0.656. The molecule has 0 bridgehead atoms. The van der Waals surface area contributed by atoms with Gasteiger partial charge in [-0.15, -0.1) is 11.8 Å². The number of fused-ring (bicyclic) bond motifs is 3. The maximum atomic E-state index is 12.9. The average molecular weight is 443 g/mol. The molecule has 32 heavy (non-hydrogen) atoms. The molecular weight excluding hydrogens is 420 g/mol. The van der Waals surface area contributed by atoms with Crippen molar-refractivity contribution in [3.05, 3.63) is 101 Å². The molecule has 0 aliphatic carbocycles. The van der Waals surface area contributed by atoms with Crippen molar-refractivity contribution >= 4 is 29.5 Å². The zero-order chi connectivity index (χ0) is 22.1. The Labute approximate surface area is 190 Å². The maximum Gasteiger partial charge on any atom is 0.261 e. The second-order valence-electron chi connectivity index (χ2n) is 7.94. The van der Waals surface area contributed by atoms with Gasteiger partial charge in [-0.05, 0) is 41.3 Å². The smallest absolute Gasteiger partial charge is 0.261 e. The monoisotopic (exact) mass is 442 g/mol. The molecule has 3 aromatic carbocycles. The number of carbonyl (C=O) groups is 3. The molecular formula is C26H22N2O3S. The zero-order valence-corrected chi connectivity index (χ0v) is 18.2. The van der Waals surface area contributed by atoms with Crippen molar-refractivity contribution < 1.29 is 14.4 Å². The number of hydrogen-bond acceptors (Lipinski definition) is 4. The van der Waals surface area contributed by atoms with Crippen LogP contribution in [-0.2, 0) is 10.5 Å². The van der Waals surface area contributed by atoms with E-state index in [4.69, 9.17) is 0 Å². The van der Waals surface area contributed by atoms with Gasteiger partial charge in [-0.3, -0.25) is 19.3 Å². The summed E-state index contributed by atoms with van der Waals surface area (Å²) >= 11 is 1.78. The molecule has 0 fully saturated rings. The number of benzene rings is 3. The highest BCUT2D eigenvalue weighted by atomic mass is 32.2. The van der Waals surface area contributed by atoms with E-state index in [0.29, 0.717) is 17.5 Å². The summed E-state index contributed by atoms with van der Waals surface area (Å²) in [6, 6.07) is 23.0. The summed E-state index contributed by atoms with van der Waals surface area (Å²) in [7, 11) is 0. The van der Waals surface area contributed by atoms with E-state index in [-0.39, 0.29) is 36.7 Å². The highest BCUT2D eigenvalue weighted by Crippen LogP contribution is 2.39. The maximum absolute atomic E-state index is 12.9. The van der Waals surface area contributed by atoms with E-state index in [0.717, 1.165) is 16.9 Å². The summed E-state index contributed by atoms with van der Waals surface area (Å²) in [6.45, 7) is 0.230. The van der Waals surface area contributed by atoms with Crippen molar-refractivity contribution in [1.82, 2.24) is 10.2 Å². The van der Waals surface area contributed by atoms with Crippen molar-refractivity contribution in [2.45, 2.75) is 29.5 Å². The number of amides is 3. The summed E-state index contributed by atoms with van der Waals surface area (Å²) in [5, 5.41) is 3.20. The summed E-state index contributed by atoms with van der Waals surface area (Å²) in [5.41, 5.74) is 4.29. The molecule has 1 atom stereocenters. The van der Waals surface area contributed by atoms with Crippen molar-refractivity contribution in [2.24, 2.45) is 0 Å². The van der Waals surface area contributed by atoms with Gasteiger partial charge in [-0.2, -0.15) is 0 Å². The minimum Gasteiger partial charge on any atom is -0.345 e. The lowest BCUT2D eigenvalue weighted by Crippen LogP contribution is -2.33. The fourth-order valence-electron chi connectivity index (χ4n) is 4.35. The highest BCUT2D eigenvalue weighted by Gasteiger charge is 2.34. The molecule has 6 heteroatoms. The van der Waals surface area contributed by atoms with Gasteiger partial charge in [0.15, 0.2) is 0 Å². The Balaban J connectivity index is 1.27. The molecule has 5 rings (SSSR count). The molecule has 0 saturated heterocycles. The van der Waals surface area contributed by atoms with Crippen LogP contribution in [0.4, 0.5) is 0 Å². The van der Waals surface area contributed by atoms with Gasteiger partial charge in [-0.1, -0.05) is 54.6 Å². The molecule has 2 heterocycles. The number of hydrogen-bond donors (Lipinski definition) is 1. The van der Waals surface area contributed by atoms with E-state index < -0.39 is 0 Å². The minimum atomic E-state index is -0.283. The van der Waals surface area contributed by atoms with Crippen molar-refractivity contribution in [2.75, 3.05) is 6.54 Å².